The summed E-state index contributed by atoms with van der Waals surface area (Å²) in [6.07, 6.45) is 0.239. The summed E-state index contributed by atoms with van der Waals surface area (Å²) < 4.78 is 39.0. The Balaban J connectivity index is 2.18. The number of rotatable bonds is 5. The van der Waals surface area contributed by atoms with Gasteiger partial charge in [0.2, 0.25) is 11.0 Å². The van der Waals surface area contributed by atoms with E-state index >= 15 is 0 Å². The number of anilines is 2. The van der Waals surface area contributed by atoms with Crippen molar-refractivity contribution in [3.63, 3.8) is 0 Å². The third-order valence-electron chi connectivity index (χ3n) is 2.28. The van der Waals surface area contributed by atoms with Gasteiger partial charge >= 0.3 is 0 Å². The van der Waals surface area contributed by atoms with Crippen LogP contribution in [0.25, 0.3) is 0 Å². The van der Waals surface area contributed by atoms with Crippen molar-refractivity contribution in [2.45, 2.75) is 17.7 Å². The quantitative estimate of drug-likeness (QED) is 0.815. The van der Waals surface area contributed by atoms with Crippen LogP contribution < -0.4 is 10.0 Å². The van der Waals surface area contributed by atoms with Gasteiger partial charge in [-0.25, -0.2) is 4.39 Å². The molecule has 0 saturated heterocycles. The lowest BCUT2D eigenvalue weighted by molar-refractivity contribution is -0.115. The molecule has 0 radical (unpaired) electrons. The van der Waals surface area contributed by atoms with Gasteiger partial charge in [0.05, 0.1) is 5.69 Å². The molecule has 0 unspecified atom stereocenters. The van der Waals surface area contributed by atoms with E-state index in [9.17, 15) is 17.6 Å². The number of carbonyl (C=O) groups is 1. The number of sulfonamides is 1. The first-order chi connectivity index (χ1) is 9.90. The lowest BCUT2D eigenvalue weighted by atomic mass is 10.3. The molecule has 2 rings (SSSR count). The molecule has 21 heavy (non-hydrogen) atoms. The van der Waals surface area contributed by atoms with Crippen LogP contribution in [0.5, 0.6) is 0 Å². The van der Waals surface area contributed by atoms with Crippen LogP contribution in [0.3, 0.4) is 0 Å². The Morgan fingerprint density at radius 2 is 2.14 bits per heavy atom. The smallest absolute Gasteiger partial charge is 0.291 e. The van der Waals surface area contributed by atoms with Crippen LogP contribution in [0.15, 0.2) is 28.6 Å². The number of aromatic nitrogens is 2. The molecule has 10 heteroatoms. The number of benzene rings is 1. The van der Waals surface area contributed by atoms with E-state index in [1.807, 2.05) is 0 Å². The van der Waals surface area contributed by atoms with Gasteiger partial charge in [0.1, 0.15) is 5.82 Å². The van der Waals surface area contributed by atoms with Gasteiger partial charge < -0.3 is 5.32 Å². The van der Waals surface area contributed by atoms with Crippen LogP contribution in [0, 0.1) is 5.82 Å². The average Bonchev–Trinajstić information content (AvgIpc) is 2.87. The zero-order valence-corrected chi connectivity index (χ0v) is 12.5. The summed E-state index contributed by atoms with van der Waals surface area (Å²) in [6, 6.07) is 5.01. The highest BCUT2D eigenvalue weighted by molar-refractivity contribution is 7.94. The fourth-order valence-corrected chi connectivity index (χ4v) is 3.29. The monoisotopic (exact) mass is 330 g/mol. The normalized spacial score (nSPS) is 11.1. The maximum Gasteiger partial charge on any atom is 0.291 e. The van der Waals surface area contributed by atoms with Crippen molar-refractivity contribution < 1.29 is 17.6 Å². The maximum atomic E-state index is 13.0. The van der Waals surface area contributed by atoms with Crippen molar-refractivity contribution in [3.8, 4) is 0 Å². The first-order valence-electron chi connectivity index (χ1n) is 5.82. The first kappa shape index (κ1) is 15.3. The molecular weight excluding hydrogens is 319 g/mol. The molecule has 2 N–H and O–H groups in total. The Hall–Kier alpha value is -2.07. The summed E-state index contributed by atoms with van der Waals surface area (Å²) in [4.78, 5) is 11.2. The fourth-order valence-electron chi connectivity index (χ4n) is 1.33. The van der Waals surface area contributed by atoms with Gasteiger partial charge in [0.15, 0.2) is 0 Å². The van der Waals surface area contributed by atoms with Crippen LogP contribution in [-0.4, -0.2) is 24.5 Å². The number of carbonyl (C=O) groups excluding carboxylic acids is 1. The molecule has 7 nitrogen and oxygen atoms in total. The van der Waals surface area contributed by atoms with Crippen molar-refractivity contribution in [1.29, 1.82) is 0 Å². The van der Waals surface area contributed by atoms with E-state index in [1.165, 1.54) is 18.2 Å². The molecule has 112 valence electrons. The van der Waals surface area contributed by atoms with E-state index in [1.54, 1.807) is 6.92 Å². The number of hydrogen-bond acceptors (Lipinski definition) is 6. The van der Waals surface area contributed by atoms with Gasteiger partial charge in [0, 0.05) is 6.42 Å². The van der Waals surface area contributed by atoms with Gasteiger partial charge in [-0.15, -0.1) is 10.2 Å². The predicted octanol–water partition coefficient (Wildman–Crippen LogP) is 1.83. The summed E-state index contributed by atoms with van der Waals surface area (Å²) in [7, 11) is -3.97. The van der Waals surface area contributed by atoms with E-state index in [2.05, 4.69) is 20.2 Å². The van der Waals surface area contributed by atoms with E-state index in [4.69, 9.17) is 0 Å². The summed E-state index contributed by atoms with van der Waals surface area (Å²) in [5, 5.41) is 9.57. The molecule has 1 heterocycles. The van der Waals surface area contributed by atoms with Crippen LogP contribution in [0.2, 0.25) is 0 Å². The third kappa shape index (κ3) is 3.95. The number of halogens is 1. The Morgan fingerprint density at radius 1 is 1.38 bits per heavy atom. The number of nitrogens with one attached hydrogen (secondary N) is 2. The SMILES string of the molecule is CCC(=O)Nc1nnc(S(=O)(=O)Nc2cccc(F)c2)s1. The molecular formula is C11H11FN4O3S2. The molecule has 0 bridgehead atoms. The van der Waals surface area contributed by atoms with E-state index in [-0.39, 0.29) is 27.5 Å². The molecule has 0 saturated carbocycles. The average molecular weight is 330 g/mol. The largest absolute Gasteiger partial charge is 0.301 e. The Kier molecular flexibility index (Phi) is 4.48. The first-order valence-corrected chi connectivity index (χ1v) is 8.12. The number of hydrogen-bond donors (Lipinski definition) is 2. The molecule has 0 spiro atoms. The van der Waals surface area contributed by atoms with E-state index < -0.39 is 15.8 Å². The second-order valence-electron chi connectivity index (χ2n) is 3.89. The molecule has 0 aliphatic rings. The maximum absolute atomic E-state index is 13.0. The van der Waals surface area contributed by atoms with Gasteiger partial charge in [-0.2, -0.15) is 8.42 Å². The summed E-state index contributed by atoms with van der Waals surface area (Å²) in [6.45, 7) is 1.65. The van der Waals surface area contributed by atoms with Gasteiger partial charge in [-0.3, -0.25) is 9.52 Å². The highest BCUT2D eigenvalue weighted by Crippen LogP contribution is 2.22. The zero-order chi connectivity index (χ0) is 15.5. The molecule has 0 aliphatic heterocycles. The highest BCUT2D eigenvalue weighted by Gasteiger charge is 2.21. The van der Waals surface area contributed by atoms with Crippen molar-refractivity contribution in [1.82, 2.24) is 10.2 Å². The lowest BCUT2D eigenvalue weighted by Gasteiger charge is -2.04. The van der Waals surface area contributed by atoms with E-state index in [0.717, 1.165) is 6.07 Å². The van der Waals surface area contributed by atoms with E-state index in [0.29, 0.717) is 11.3 Å². The Morgan fingerprint density at radius 3 is 2.81 bits per heavy atom. The zero-order valence-electron chi connectivity index (χ0n) is 10.8. The molecule has 2 aromatic rings. The minimum atomic E-state index is -3.97. The minimum absolute atomic E-state index is 0.0735. The predicted molar refractivity (Wildman–Crippen MR) is 76.0 cm³/mol. The summed E-state index contributed by atoms with van der Waals surface area (Å²) in [5.41, 5.74) is 0.0735. The van der Waals surface area contributed by atoms with Crippen LogP contribution in [-0.2, 0) is 14.8 Å². The second kappa shape index (κ2) is 6.14. The van der Waals surface area contributed by atoms with Crippen LogP contribution >= 0.6 is 11.3 Å². The Bertz CT molecular complexity index is 760. The summed E-state index contributed by atoms with van der Waals surface area (Å²) >= 11 is 0.709. The molecule has 0 atom stereocenters. The molecule has 1 amide bonds. The van der Waals surface area contributed by atoms with Gasteiger partial charge in [0.25, 0.3) is 14.4 Å². The van der Waals surface area contributed by atoms with Crippen LogP contribution in [0.1, 0.15) is 13.3 Å². The van der Waals surface area contributed by atoms with Gasteiger partial charge in [-0.05, 0) is 18.2 Å². The molecule has 0 fully saturated rings. The minimum Gasteiger partial charge on any atom is -0.301 e. The topological polar surface area (TPSA) is 101 Å². The second-order valence-corrected chi connectivity index (χ2v) is 6.72. The van der Waals surface area contributed by atoms with Crippen LogP contribution in [0.4, 0.5) is 15.2 Å². The standard InChI is InChI=1S/C11H11FN4O3S2/c1-2-9(17)13-10-14-15-11(20-10)21(18,19)16-8-5-3-4-7(12)6-8/h3-6,16H,2H2,1H3,(H,13,14,17). The number of amides is 1. The van der Waals surface area contributed by atoms with Gasteiger partial charge in [-0.1, -0.05) is 24.3 Å². The molecule has 1 aromatic heterocycles. The van der Waals surface area contributed by atoms with Crippen molar-refractivity contribution in [2.75, 3.05) is 10.0 Å². The molecule has 0 aliphatic carbocycles. The highest BCUT2D eigenvalue weighted by atomic mass is 32.2. The van der Waals surface area contributed by atoms with Crippen molar-refractivity contribution >= 4 is 38.1 Å². The fraction of sp³-hybridized carbons (Fsp3) is 0.182. The number of nitrogens with zero attached hydrogens (tertiary/aromatic N) is 2. The third-order valence-corrected chi connectivity index (χ3v) is 4.87. The van der Waals surface area contributed by atoms with Crippen molar-refractivity contribution in [3.05, 3.63) is 30.1 Å². The Labute approximate surface area is 124 Å². The molecule has 1 aromatic carbocycles. The van der Waals surface area contributed by atoms with Crippen molar-refractivity contribution in [2.24, 2.45) is 0 Å². The lowest BCUT2D eigenvalue weighted by Crippen LogP contribution is -2.12. The summed E-state index contributed by atoms with van der Waals surface area (Å²) in [5.74, 6) is -0.864.